The zero-order valence-corrected chi connectivity index (χ0v) is 24.4. The summed E-state index contributed by atoms with van der Waals surface area (Å²) in [5.74, 6) is -0.839. The van der Waals surface area contributed by atoms with Crippen LogP contribution >= 0.6 is 0 Å². The molecule has 16 heteroatoms. The highest BCUT2D eigenvalue weighted by Gasteiger charge is 2.56. The fourth-order valence-electron chi connectivity index (χ4n) is 5.17. The van der Waals surface area contributed by atoms with Crippen LogP contribution in [-0.2, 0) is 30.0 Å². The number of rotatable bonds is 14. The normalized spacial score (nSPS) is 15.0. The molecule has 3 rings (SSSR count). The van der Waals surface area contributed by atoms with Crippen molar-refractivity contribution >= 4 is 23.9 Å². The van der Waals surface area contributed by atoms with E-state index < -0.39 is 41.0 Å². The molecule has 1 aliphatic rings. The second-order valence-corrected chi connectivity index (χ2v) is 10.7. The molecule has 1 fully saturated rings. The lowest BCUT2D eigenvalue weighted by atomic mass is 9.82. The van der Waals surface area contributed by atoms with Crippen molar-refractivity contribution in [1.82, 2.24) is 9.80 Å². The van der Waals surface area contributed by atoms with E-state index in [-0.39, 0.29) is 50.9 Å². The molecule has 1 heterocycles. The van der Waals surface area contributed by atoms with Crippen LogP contribution in [0.25, 0.3) is 0 Å². The molecule has 0 bridgehead atoms. The first kappa shape index (κ1) is 35.0. The van der Waals surface area contributed by atoms with E-state index in [2.05, 4.69) is 9.98 Å². The van der Waals surface area contributed by atoms with E-state index in [1.807, 2.05) is 0 Å². The third-order valence-electron chi connectivity index (χ3n) is 7.35. The average molecular weight is 643 g/mol. The van der Waals surface area contributed by atoms with Gasteiger partial charge in [0.15, 0.2) is 11.9 Å². The molecule has 1 aliphatic heterocycles. The fourth-order valence-corrected chi connectivity index (χ4v) is 5.17. The summed E-state index contributed by atoms with van der Waals surface area (Å²) in [7, 11) is 0. The number of benzene rings is 2. The van der Waals surface area contributed by atoms with Gasteiger partial charge in [-0.15, -0.1) is 0 Å². The van der Waals surface area contributed by atoms with Gasteiger partial charge in [-0.05, 0) is 61.1 Å². The molecule has 2 aromatic rings. The largest absolute Gasteiger partial charge is 0.416 e. The number of halogens is 6. The van der Waals surface area contributed by atoms with Crippen molar-refractivity contribution in [3.8, 4) is 0 Å². The van der Waals surface area contributed by atoms with Gasteiger partial charge in [-0.1, -0.05) is 24.3 Å². The molecule has 246 valence electrons. The lowest BCUT2D eigenvalue weighted by Gasteiger charge is -2.36. The molecule has 1 saturated heterocycles. The van der Waals surface area contributed by atoms with Gasteiger partial charge in [-0.2, -0.15) is 26.3 Å². The summed E-state index contributed by atoms with van der Waals surface area (Å²) in [6.45, 7) is 0.563. The standard InChI is InChI=1S/C29H36F6N8O2/c30-28(31,32)21-9-5-19(6-10-21)17-27(18-20-7-11-22(12-8-20)29(33,34)35)23(44)42(15-3-1-13-40-24(36)37)26(45)43(27)16-4-2-14-41-25(38)39/h5-12H,1-4,13-18H2,(H4,36,37,40)(H4,38,39,41). The summed E-state index contributed by atoms with van der Waals surface area (Å²) in [6.07, 6.45) is -7.97. The molecule has 2 aromatic carbocycles. The van der Waals surface area contributed by atoms with Crippen LogP contribution in [0.2, 0.25) is 0 Å². The molecule has 0 aromatic heterocycles. The minimum absolute atomic E-state index is 0.00391. The second kappa shape index (κ2) is 14.5. The van der Waals surface area contributed by atoms with Gasteiger partial charge < -0.3 is 27.8 Å². The number of urea groups is 1. The summed E-state index contributed by atoms with van der Waals surface area (Å²) in [4.78, 5) is 38.3. The smallest absolute Gasteiger partial charge is 0.370 e. The predicted octanol–water partition coefficient (Wildman–Crippen LogP) is 3.62. The summed E-state index contributed by atoms with van der Waals surface area (Å²) < 4.78 is 79.6. The monoisotopic (exact) mass is 642 g/mol. The molecule has 45 heavy (non-hydrogen) atoms. The van der Waals surface area contributed by atoms with Gasteiger partial charge in [0.1, 0.15) is 5.54 Å². The van der Waals surface area contributed by atoms with Crippen LogP contribution in [0.1, 0.15) is 47.9 Å². The number of nitrogens with two attached hydrogens (primary N) is 4. The Kier molecular flexibility index (Phi) is 11.3. The number of aliphatic imine (C=N–C) groups is 2. The lowest BCUT2D eigenvalue weighted by molar-refractivity contribution is -0.138. The van der Waals surface area contributed by atoms with Gasteiger partial charge in [0, 0.05) is 39.0 Å². The van der Waals surface area contributed by atoms with E-state index in [1.165, 1.54) is 29.2 Å². The number of hydrogen-bond donors (Lipinski definition) is 4. The van der Waals surface area contributed by atoms with Gasteiger partial charge in [0.25, 0.3) is 5.91 Å². The number of guanidine groups is 2. The third-order valence-corrected chi connectivity index (χ3v) is 7.35. The summed E-state index contributed by atoms with van der Waals surface area (Å²) in [6, 6.07) is 7.80. The van der Waals surface area contributed by atoms with Gasteiger partial charge in [-0.3, -0.25) is 19.7 Å². The maximum absolute atomic E-state index is 14.2. The van der Waals surface area contributed by atoms with Crippen LogP contribution in [0.15, 0.2) is 58.5 Å². The molecule has 0 aliphatic carbocycles. The Morgan fingerprint density at radius 3 is 1.42 bits per heavy atom. The summed E-state index contributed by atoms with van der Waals surface area (Å²) in [5, 5.41) is 0. The third kappa shape index (κ3) is 9.25. The Labute approximate surface area is 256 Å². The number of hydrogen-bond acceptors (Lipinski definition) is 4. The summed E-state index contributed by atoms with van der Waals surface area (Å²) >= 11 is 0. The van der Waals surface area contributed by atoms with Crippen molar-refractivity contribution in [3.05, 3.63) is 70.8 Å². The van der Waals surface area contributed by atoms with E-state index in [0.717, 1.165) is 29.2 Å². The quantitative estimate of drug-likeness (QED) is 0.0807. The lowest BCUT2D eigenvalue weighted by Crippen LogP contribution is -2.53. The fraction of sp³-hybridized carbons (Fsp3) is 0.448. The van der Waals surface area contributed by atoms with E-state index in [0.29, 0.717) is 36.8 Å². The van der Waals surface area contributed by atoms with E-state index >= 15 is 0 Å². The number of carbonyl (C=O) groups excluding carboxylic acids is 2. The van der Waals surface area contributed by atoms with E-state index in [9.17, 15) is 35.9 Å². The van der Waals surface area contributed by atoms with Crippen LogP contribution in [0.4, 0.5) is 31.1 Å². The Hall–Kier alpha value is -4.50. The Morgan fingerprint density at radius 1 is 0.644 bits per heavy atom. The minimum atomic E-state index is -4.59. The SMILES string of the molecule is NC(N)=NCCCCN1C(=O)N(CCCCN=C(N)N)C(Cc2ccc(C(F)(F)F)cc2)(Cc2ccc(C(F)(F)F)cc2)C1=O. The Bertz CT molecular complexity index is 1310. The molecule has 0 radical (unpaired) electrons. The van der Waals surface area contributed by atoms with Gasteiger partial charge in [-0.25, -0.2) is 4.79 Å². The highest BCUT2D eigenvalue weighted by molar-refractivity contribution is 6.07. The highest BCUT2D eigenvalue weighted by atomic mass is 19.4. The maximum Gasteiger partial charge on any atom is 0.416 e. The molecular formula is C29H36F6N8O2. The first-order chi connectivity index (χ1) is 21.0. The van der Waals surface area contributed by atoms with Crippen LogP contribution in [0.3, 0.4) is 0 Å². The van der Waals surface area contributed by atoms with Crippen molar-refractivity contribution in [1.29, 1.82) is 0 Å². The molecule has 0 atom stereocenters. The Morgan fingerprint density at radius 2 is 1.04 bits per heavy atom. The topological polar surface area (TPSA) is 169 Å². The van der Waals surface area contributed by atoms with Crippen molar-refractivity contribution in [2.75, 3.05) is 26.2 Å². The first-order valence-corrected chi connectivity index (χ1v) is 14.1. The molecule has 10 nitrogen and oxygen atoms in total. The highest BCUT2D eigenvalue weighted by Crippen LogP contribution is 2.37. The van der Waals surface area contributed by atoms with Crippen LogP contribution in [0, 0.1) is 0 Å². The molecule has 0 spiro atoms. The van der Waals surface area contributed by atoms with Crippen LogP contribution in [0.5, 0.6) is 0 Å². The molecular weight excluding hydrogens is 606 g/mol. The zero-order chi connectivity index (χ0) is 33.4. The van der Waals surface area contributed by atoms with Gasteiger partial charge in [0.05, 0.1) is 11.1 Å². The van der Waals surface area contributed by atoms with E-state index in [4.69, 9.17) is 22.9 Å². The second-order valence-electron chi connectivity index (χ2n) is 10.7. The molecule has 0 unspecified atom stereocenters. The van der Waals surface area contributed by atoms with Crippen molar-refractivity contribution in [2.24, 2.45) is 32.9 Å². The maximum atomic E-state index is 14.2. The number of imide groups is 1. The van der Waals surface area contributed by atoms with Crippen molar-refractivity contribution in [2.45, 2.75) is 56.4 Å². The molecule has 3 amide bonds. The van der Waals surface area contributed by atoms with E-state index in [1.54, 1.807) is 0 Å². The Balaban J connectivity index is 2.02. The number of alkyl halides is 6. The zero-order valence-electron chi connectivity index (χ0n) is 24.4. The van der Waals surface area contributed by atoms with Crippen LogP contribution < -0.4 is 22.9 Å². The molecule has 8 N–H and O–H groups in total. The minimum Gasteiger partial charge on any atom is -0.370 e. The number of carbonyl (C=O) groups is 2. The predicted molar refractivity (Wildman–Crippen MR) is 157 cm³/mol. The van der Waals surface area contributed by atoms with Gasteiger partial charge >= 0.3 is 18.4 Å². The number of amides is 3. The number of nitrogens with zero attached hydrogens (tertiary/aromatic N) is 4. The molecule has 0 saturated carbocycles. The number of unbranched alkanes of at least 4 members (excludes halogenated alkanes) is 2. The van der Waals surface area contributed by atoms with Gasteiger partial charge in [0.2, 0.25) is 0 Å². The van der Waals surface area contributed by atoms with Crippen molar-refractivity contribution < 1.29 is 35.9 Å². The summed E-state index contributed by atoms with van der Waals surface area (Å²) in [5.41, 5.74) is 18.7. The van der Waals surface area contributed by atoms with Crippen molar-refractivity contribution in [3.63, 3.8) is 0 Å². The average Bonchev–Trinajstić information content (AvgIpc) is 3.12. The first-order valence-electron chi connectivity index (χ1n) is 14.1. The van der Waals surface area contributed by atoms with Crippen LogP contribution in [-0.4, -0.2) is 65.4 Å².